The van der Waals surface area contributed by atoms with E-state index in [1.54, 1.807) is 16.2 Å². The van der Waals surface area contributed by atoms with Gasteiger partial charge in [-0.1, -0.05) is 0 Å². The van der Waals surface area contributed by atoms with Gasteiger partial charge in [-0.05, 0) is 33.8 Å². The number of aliphatic hydroxyl groups is 1. The first-order chi connectivity index (χ1) is 7.47. The van der Waals surface area contributed by atoms with Gasteiger partial charge >= 0.3 is 0 Å². The maximum atomic E-state index is 12.2. The summed E-state index contributed by atoms with van der Waals surface area (Å²) >= 11 is 1.63. The molecule has 0 fully saturated rings. The van der Waals surface area contributed by atoms with E-state index in [1.807, 2.05) is 33.8 Å². The SMILES string of the molecule is Cc1cc(C(=O)N(CCO)C(C)C)c(C)s1. The zero-order valence-electron chi connectivity index (χ0n) is 10.3. The van der Waals surface area contributed by atoms with Gasteiger partial charge in [0.05, 0.1) is 12.2 Å². The highest BCUT2D eigenvalue weighted by Crippen LogP contribution is 2.22. The van der Waals surface area contributed by atoms with E-state index in [2.05, 4.69) is 0 Å². The molecule has 1 aromatic heterocycles. The van der Waals surface area contributed by atoms with Crippen molar-refractivity contribution in [3.05, 3.63) is 21.4 Å². The third-order valence-corrected chi connectivity index (χ3v) is 3.46. The maximum absolute atomic E-state index is 12.2. The predicted molar refractivity (Wildman–Crippen MR) is 67.1 cm³/mol. The van der Waals surface area contributed by atoms with Crippen LogP contribution in [0.5, 0.6) is 0 Å². The fraction of sp³-hybridized carbons (Fsp3) is 0.583. The zero-order valence-corrected chi connectivity index (χ0v) is 11.1. The number of carbonyl (C=O) groups is 1. The number of nitrogens with zero attached hydrogens (tertiary/aromatic N) is 1. The molecule has 4 heteroatoms. The maximum Gasteiger partial charge on any atom is 0.255 e. The van der Waals surface area contributed by atoms with Crippen molar-refractivity contribution in [2.24, 2.45) is 0 Å². The van der Waals surface area contributed by atoms with Crippen molar-refractivity contribution in [3.8, 4) is 0 Å². The van der Waals surface area contributed by atoms with Crippen LogP contribution < -0.4 is 0 Å². The molecule has 1 heterocycles. The van der Waals surface area contributed by atoms with E-state index < -0.39 is 0 Å². The Hall–Kier alpha value is -0.870. The van der Waals surface area contributed by atoms with E-state index in [4.69, 9.17) is 5.11 Å². The van der Waals surface area contributed by atoms with E-state index in [9.17, 15) is 4.79 Å². The molecular formula is C12H19NO2S. The molecule has 0 atom stereocenters. The van der Waals surface area contributed by atoms with E-state index in [1.165, 1.54) is 0 Å². The normalized spacial score (nSPS) is 10.9. The van der Waals surface area contributed by atoms with Gasteiger partial charge in [-0.2, -0.15) is 0 Å². The van der Waals surface area contributed by atoms with Crippen molar-refractivity contribution in [1.82, 2.24) is 4.90 Å². The average Bonchev–Trinajstić information content (AvgIpc) is 2.53. The minimum atomic E-state index is 0.00604. The molecule has 3 nitrogen and oxygen atoms in total. The van der Waals surface area contributed by atoms with E-state index in [0.717, 1.165) is 15.3 Å². The number of carbonyl (C=O) groups excluding carboxylic acids is 1. The number of aryl methyl sites for hydroxylation is 2. The third kappa shape index (κ3) is 2.83. The Morgan fingerprint density at radius 3 is 2.50 bits per heavy atom. The van der Waals surface area contributed by atoms with Crippen LogP contribution >= 0.6 is 11.3 Å². The molecule has 1 rings (SSSR count). The smallest absolute Gasteiger partial charge is 0.255 e. The molecule has 0 aliphatic rings. The summed E-state index contributed by atoms with van der Waals surface area (Å²) in [5.41, 5.74) is 0.768. The number of hydrogen-bond donors (Lipinski definition) is 1. The fourth-order valence-electron chi connectivity index (χ4n) is 1.70. The van der Waals surface area contributed by atoms with Gasteiger partial charge in [0.25, 0.3) is 5.91 Å². The number of aliphatic hydroxyl groups excluding tert-OH is 1. The molecule has 0 aromatic carbocycles. The summed E-state index contributed by atoms with van der Waals surface area (Å²) < 4.78 is 0. The van der Waals surface area contributed by atoms with Crippen LogP contribution in [0.4, 0.5) is 0 Å². The molecule has 0 saturated carbocycles. The van der Waals surface area contributed by atoms with Gasteiger partial charge in [0.15, 0.2) is 0 Å². The topological polar surface area (TPSA) is 40.5 Å². The molecule has 90 valence electrons. The summed E-state index contributed by atoms with van der Waals surface area (Å²) in [5, 5.41) is 8.96. The lowest BCUT2D eigenvalue weighted by atomic mass is 10.2. The Morgan fingerprint density at radius 2 is 2.12 bits per heavy atom. The van der Waals surface area contributed by atoms with Crippen molar-refractivity contribution in [3.63, 3.8) is 0 Å². The Labute approximate surface area is 101 Å². The summed E-state index contributed by atoms with van der Waals surface area (Å²) in [7, 11) is 0. The highest BCUT2D eigenvalue weighted by molar-refractivity contribution is 7.12. The van der Waals surface area contributed by atoms with E-state index >= 15 is 0 Å². The van der Waals surface area contributed by atoms with Gasteiger partial charge in [-0.25, -0.2) is 0 Å². The second-order valence-corrected chi connectivity index (χ2v) is 5.60. The average molecular weight is 241 g/mol. The van der Waals surface area contributed by atoms with Crippen molar-refractivity contribution < 1.29 is 9.90 Å². The van der Waals surface area contributed by atoms with Gasteiger partial charge in [0, 0.05) is 22.3 Å². The van der Waals surface area contributed by atoms with Crippen molar-refractivity contribution in [2.45, 2.75) is 33.7 Å². The number of hydrogen-bond acceptors (Lipinski definition) is 3. The lowest BCUT2D eigenvalue weighted by molar-refractivity contribution is 0.0665. The van der Waals surface area contributed by atoms with Gasteiger partial charge in [0.1, 0.15) is 0 Å². The molecule has 0 unspecified atom stereocenters. The van der Waals surface area contributed by atoms with Crippen molar-refractivity contribution in [2.75, 3.05) is 13.2 Å². The molecule has 0 bridgehead atoms. The van der Waals surface area contributed by atoms with Crippen LogP contribution in [0.2, 0.25) is 0 Å². The molecule has 16 heavy (non-hydrogen) atoms. The number of thiophene rings is 1. The van der Waals surface area contributed by atoms with Crippen molar-refractivity contribution >= 4 is 17.2 Å². The van der Waals surface area contributed by atoms with Gasteiger partial charge in [-0.15, -0.1) is 11.3 Å². The highest BCUT2D eigenvalue weighted by atomic mass is 32.1. The quantitative estimate of drug-likeness (QED) is 0.878. The van der Waals surface area contributed by atoms with Gasteiger partial charge in [-0.3, -0.25) is 4.79 Å². The predicted octanol–water partition coefficient (Wildman–Crippen LogP) is 2.21. The standard InChI is InChI=1S/C12H19NO2S/c1-8(2)13(5-6-14)12(15)11-7-9(3)16-10(11)4/h7-8,14H,5-6H2,1-4H3. The molecule has 0 radical (unpaired) electrons. The third-order valence-electron chi connectivity index (χ3n) is 2.50. The Kier molecular flexibility index (Phi) is 4.50. The number of rotatable bonds is 4. The molecule has 0 aliphatic carbocycles. The van der Waals surface area contributed by atoms with Crippen LogP contribution in [0.3, 0.4) is 0 Å². The molecule has 0 saturated heterocycles. The first-order valence-corrected chi connectivity index (χ1v) is 6.28. The fourth-order valence-corrected chi connectivity index (χ4v) is 2.62. The van der Waals surface area contributed by atoms with Crippen LogP contribution in [0.25, 0.3) is 0 Å². The molecular weight excluding hydrogens is 222 g/mol. The lowest BCUT2D eigenvalue weighted by Gasteiger charge is -2.25. The van der Waals surface area contributed by atoms with E-state index in [0.29, 0.717) is 6.54 Å². The Bertz CT molecular complexity index is 371. The second-order valence-electron chi connectivity index (χ2n) is 4.14. The summed E-state index contributed by atoms with van der Waals surface area (Å²) in [6.07, 6.45) is 0. The largest absolute Gasteiger partial charge is 0.395 e. The summed E-state index contributed by atoms with van der Waals surface area (Å²) in [5.74, 6) is 0.0194. The summed E-state index contributed by atoms with van der Waals surface area (Å²) in [4.78, 5) is 16.1. The first-order valence-electron chi connectivity index (χ1n) is 5.46. The van der Waals surface area contributed by atoms with Gasteiger partial charge < -0.3 is 10.0 Å². The first kappa shape index (κ1) is 13.2. The molecule has 0 spiro atoms. The Morgan fingerprint density at radius 1 is 1.50 bits per heavy atom. The lowest BCUT2D eigenvalue weighted by Crippen LogP contribution is -2.39. The molecule has 1 N–H and O–H groups in total. The van der Waals surface area contributed by atoms with Crippen LogP contribution in [-0.4, -0.2) is 35.1 Å². The zero-order chi connectivity index (χ0) is 12.3. The highest BCUT2D eigenvalue weighted by Gasteiger charge is 2.20. The second kappa shape index (κ2) is 5.46. The minimum Gasteiger partial charge on any atom is -0.395 e. The van der Waals surface area contributed by atoms with Crippen LogP contribution in [0, 0.1) is 13.8 Å². The molecule has 1 amide bonds. The van der Waals surface area contributed by atoms with E-state index in [-0.39, 0.29) is 18.6 Å². The summed E-state index contributed by atoms with van der Waals surface area (Å²) in [6, 6.07) is 2.04. The molecule has 0 aliphatic heterocycles. The minimum absolute atomic E-state index is 0.00604. The number of amides is 1. The van der Waals surface area contributed by atoms with Crippen molar-refractivity contribution in [1.29, 1.82) is 0 Å². The molecule has 1 aromatic rings. The van der Waals surface area contributed by atoms with Crippen LogP contribution in [0.15, 0.2) is 6.07 Å². The monoisotopic (exact) mass is 241 g/mol. The van der Waals surface area contributed by atoms with Gasteiger partial charge in [0.2, 0.25) is 0 Å². The van der Waals surface area contributed by atoms with Crippen LogP contribution in [0.1, 0.15) is 34.0 Å². The summed E-state index contributed by atoms with van der Waals surface area (Å²) in [6.45, 7) is 8.28. The van der Waals surface area contributed by atoms with Crippen LogP contribution in [-0.2, 0) is 0 Å². The Balaban J connectivity index is 2.94.